The minimum absolute atomic E-state index is 0. The van der Waals surface area contributed by atoms with E-state index in [-0.39, 0.29) is 25.4 Å². The molecule has 1 aromatic carbocycles. The molecule has 7 heteroatoms. The number of carbonyl (C=O) groups excluding carboxylic acids is 1. The third kappa shape index (κ3) is 3.49. The van der Waals surface area contributed by atoms with Gasteiger partial charge in [-0.1, -0.05) is 6.07 Å². The summed E-state index contributed by atoms with van der Waals surface area (Å²) >= 11 is 0. The van der Waals surface area contributed by atoms with Crippen LogP contribution in [0.25, 0.3) is 0 Å². The number of amidine groups is 1. The molecule has 0 aliphatic carbocycles. The number of urea groups is 1. The Bertz CT molecular complexity index is 886. The smallest absolute Gasteiger partial charge is 0.322 e. The maximum Gasteiger partial charge on any atom is 0.322 e. The van der Waals surface area contributed by atoms with Gasteiger partial charge in [0.05, 0.1) is 11.9 Å². The van der Waals surface area contributed by atoms with E-state index >= 15 is 0 Å². The molecule has 2 amide bonds. The van der Waals surface area contributed by atoms with Gasteiger partial charge in [0.15, 0.2) is 5.84 Å². The molecule has 27 heavy (non-hydrogen) atoms. The summed E-state index contributed by atoms with van der Waals surface area (Å²) in [6.07, 6.45) is 4.36. The topological polar surface area (TPSA) is 84.3 Å². The number of hydrogen-bond acceptors (Lipinski definition) is 2. The van der Waals surface area contributed by atoms with Gasteiger partial charge in [0.25, 0.3) is 0 Å². The fraction of sp³-hybridized carbons (Fsp3) is 0.350. The maximum absolute atomic E-state index is 13.5. The number of piperidine rings is 1. The summed E-state index contributed by atoms with van der Waals surface area (Å²) in [6.45, 7) is 1.90. The lowest BCUT2D eigenvalue weighted by Crippen LogP contribution is -2.64. The number of nitrogens with one attached hydrogen (secondary N) is 3. The monoisotopic (exact) mass is 369 g/mol. The van der Waals surface area contributed by atoms with Gasteiger partial charge in [-0.3, -0.25) is 5.41 Å². The summed E-state index contributed by atoms with van der Waals surface area (Å²) < 4.78 is 13.5. The van der Waals surface area contributed by atoms with Gasteiger partial charge in [0, 0.05) is 31.0 Å². The molecule has 2 bridgehead atoms. The van der Waals surface area contributed by atoms with Crippen LogP contribution in [0.15, 0.2) is 41.5 Å². The molecule has 0 spiro atoms. The van der Waals surface area contributed by atoms with Gasteiger partial charge in [0.1, 0.15) is 6.17 Å². The van der Waals surface area contributed by atoms with Crippen LogP contribution in [0.4, 0.5) is 14.9 Å². The number of halogens is 1. The van der Waals surface area contributed by atoms with Gasteiger partial charge in [-0.2, -0.15) is 0 Å². The van der Waals surface area contributed by atoms with Crippen molar-refractivity contribution in [3.8, 4) is 0 Å². The van der Waals surface area contributed by atoms with E-state index in [4.69, 9.17) is 5.41 Å². The molecule has 2 atom stereocenters. The molecule has 6 nitrogen and oxygen atoms in total. The van der Waals surface area contributed by atoms with Crippen LogP contribution in [0, 0.1) is 12.3 Å². The van der Waals surface area contributed by atoms with Gasteiger partial charge in [-0.15, -0.1) is 0 Å². The number of rotatable bonds is 3. The number of hydrogen-bond donors (Lipinski definition) is 3. The Hall–Kier alpha value is -2.96. The number of carbonyl (C=O) groups is 1. The third-order valence-corrected chi connectivity index (χ3v) is 5.32. The Labute approximate surface area is 158 Å². The van der Waals surface area contributed by atoms with E-state index in [1.165, 1.54) is 0 Å². The molecule has 4 rings (SSSR count). The number of H-pyrrole nitrogens is 1. The summed E-state index contributed by atoms with van der Waals surface area (Å²) in [4.78, 5) is 21.5. The van der Waals surface area contributed by atoms with E-state index in [1.807, 2.05) is 31.2 Å². The van der Waals surface area contributed by atoms with E-state index in [9.17, 15) is 9.18 Å². The Morgan fingerprint density at radius 1 is 1.37 bits per heavy atom. The summed E-state index contributed by atoms with van der Waals surface area (Å²) in [5, 5.41) is 11.1. The first-order valence-corrected chi connectivity index (χ1v) is 9.11. The average Bonchev–Trinajstić information content (AvgIpc) is 3.14. The molecule has 2 aromatic rings. The van der Waals surface area contributed by atoms with Crippen LogP contribution < -0.4 is 5.32 Å². The first kappa shape index (κ1) is 17.5. The zero-order chi connectivity index (χ0) is 19.0. The number of fused-ring (bicyclic) bond motifs is 2. The van der Waals surface area contributed by atoms with Crippen molar-refractivity contribution >= 4 is 23.8 Å². The molecule has 3 N–H and O–H groups in total. The van der Waals surface area contributed by atoms with Crippen molar-refractivity contribution in [2.45, 2.75) is 44.4 Å². The van der Waals surface area contributed by atoms with Crippen molar-refractivity contribution in [2.75, 3.05) is 5.32 Å². The van der Waals surface area contributed by atoms with Crippen molar-refractivity contribution in [3.63, 3.8) is 0 Å². The van der Waals surface area contributed by atoms with Crippen molar-refractivity contribution < 1.29 is 10.6 Å². The number of aromatic amines is 1. The third-order valence-electron chi connectivity index (χ3n) is 5.32. The predicted molar refractivity (Wildman–Crippen MR) is 106 cm³/mol. The molecule has 0 saturated carbocycles. The SMILES string of the molecule is Cc1ccc(NC(=O)N2C3CC(F)CC2C3)cc1C(=N)N=Cc1ccc[nH]1.[HH]. The van der Waals surface area contributed by atoms with Crippen LogP contribution in [-0.4, -0.2) is 46.2 Å². The molecule has 1 aromatic heterocycles. The molecule has 3 heterocycles. The van der Waals surface area contributed by atoms with Gasteiger partial charge in [-0.05, 0) is 56.0 Å². The summed E-state index contributed by atoms with van der Waals surface area (Å²) in [7, 11) is 0. The van der Waals surface area contributed by atoms with Crippen molar-refractivity contribution in [1.29, 1.82) is 5.41 Å². The summed E-state index contributed by atoms with van der Waals surface area (Å²) in [5.74, 6) is 0.124. The van der Waals surface area contributed by atoms with Crippen LogP contribution in [0.5, 0.6) is 0 Å². The normalized spacial score (nSPS) is 23.9. The number of anilines is 1. The number of aryl methyl sites for hydroxylation is 1. The van der Waals surface area contributed by atoms with Gasteiger partial charge >= 0.3 is 6.03 Å². The van der Waals surface area contributed by atoms with E-state index in [0.29, 0.717) is 24.1 Å². The zero-order valence-electron chi connectivity index (χ0n) is 15.1. The van der Waals surface area contributed by atoms with E-state index in [0.717, 1.165) is 17.7 Å². The molecule has 2 aliphatic heterocycles. The van der Waals surface area contributed by atoms with Crippen LogP contribution in [0.3, 0.4) is 0 Å². The van der Waals surface area contributed by atoms with Crippen LogP contribution in [-0.2, 0) is 0 Å². The lowest BCUT2D eigenvalue weighted by molar-refractivity contribution is -0.0202. The molecular weight excluding hydrogens is 345 g/mol. The second-order valence-electron chi connectivity index (χ2n) is 7.21. The standard InChI is InChI=1S/C20H22FN5O.H2/c1-12-4-5-14(9-18(12)19(22)24-11-15-3-2-6-23-15)25-20(27)26-16-7-13(21)8-17(26)10-16;/h2-6,9,11,13,16-17,22-23H,7-8,10H2,1H3,(H,25,27);1H. The quantitative estimate of drug-likeness (QED) is 0.552. The Morgan fingerprint density at radius 3 is 2.85 bits per heavy atom. The molecule has 2 unspecified atom stereocenters. The first-order chi connectivity index (χ1) is 13.0. The van der Waals surface area contributed by atoms with Crippen LogP contribution in [0.2, 0.25) is 0 Å². The van der Waals surface area contributed by atoms with Crippen molar-refractivity contribution in [3.05, 3.63) is 53.3 Å². The second kappa shape index (κ2) is 6.98. The molecule has 2 aliphatic rings. The minimum atomic E-state index is -0.790. The van der Waals surface area contributed by atoms with E-state index < -0.39 is 6.17 Å². The number of aliphatic imine (C=N–C) groups is 1. The fourth-order valence-corrected chi connectivity index (χ4v) is 3.91. The first-order valence-electron chi connectivity index (χ1n) is 9.11. The Balaban J connectivity index is 0.00000225. The average molecular weight is 369 g/mol. The lowest BCUT2D eigenvalue weighted by Gasteiger charge is -2.53. The fourth-order valence-electron chi connectivity index (χ4n) is 3.91. The predicted octanol–water partition coefficient (Wildman–Crippen LogP) is 4.12. The number of amides is 2. The number of alkyl halides is 1. The number of benzene rings is 1. The number of nitrogens with zero attached hydrogens (tertiary/aromatic N) is 2. The highest BCUT2D eigenvalue weighted by Gasteiger charge is 2.48. The summed E-state index contributed by atoms with van der Waals surface area (Å²) in [5.41, 5.74) is 2.99. The van der Waals surface area contributed by atoms with Gasteiger partial charge < -0.3 is 15.2 Å². The van der Waals surface area contributed by atoms with Crippen LogP contribution in [0.1, 0.15) is 37.5 Å². The minimum Gasteiger partial charge on any atom is -0.360 e. The molecular formula is C20H24FN5O. The zero-order valence-corrected chi connectivity index (χ0v) is 15.1. The lowest BCUT2D eigenvalue weighted by atomic mass is 9.79. The highest BCUT2D eigenvalue weighted by molar-refractivity contribution is 6.05. The van der Waals surface area contributed by atoms with Crippen LogP contribution >= 0.6 is 0 Å². The molecule has 142 valence electrons. The van der Waals surface area contributed by atoms with E-state index in [1.54, 1.807) is 23.4 Å². The van der Waals surface area contributed by atoms with Gasteiger partial charge in [0.2, 0.25) is 0 Å². The highest BCUT2D eigenvalue weighted by atomic mass is 19.1. The number of aromatic nitrogens is 1. The maximum atomic E-state index is 13.5. The summed E-state index contributed by atoms with van der Waals surface area (Å²) in [6, 6.07) is 8.98. The Kier molecular flexibility index (Phi) is 4.51. The van der Waals surface area contributed by atoms with Crippen molar-refractivity contribution in [2.24, 2.45) is 4.99 Å². The van der Waals surface area contributed by atoms with Crippen molar-refractivity contribution in [1.82, 2.24) is 9.88 Å². The highest BCUT2D eigenvalue weighted by Crippen LogP contribution is 2.39. The molecule has 2 fully saturated rings. The second-order valence-corrected chi connectivity index (χ2v) is 7.21. The van der Waals surface area contributed by atoms with E-state index in [2.05, 4.69) is 15.3 Å². The van der Waals surface area contributed by atoms with Gasteiger partial charge in [-0.25, -0.2) is 14.2 Å². The largest absolute Gasteiger partial charge is 0.360 e. The molecule has 0 radical (unpaired) electrons. The Morgan fingerprint density at radius 2 is 2.15 bits per heavy atom. The molecule has 2 saturated heterocycles.